The van der Waals surface area contributed by atoms with Crippen LogP contribution in [0, 0.1) is 5.92 Å². The molecule has 0 bridgehead atoms. The number of carbonyl (C=O) groups is 1. The molecule has 4 N–H and O–H groups in total. The number of likely N-dealkylation sites (N-methyl/N-ethyl adjacent to an activating group) is 1. The topological polar surface area (TPSA) is 111 Å². The number of phenolic OH excluding ortho intramolecular Hbond substituents is 1. The molecule has 50 heavy (non-hydrogen) atoms. The van der Waals surface area contributed by atoms with Crippen molar-refractivity contribution < 1.29 is 29.6 Å². The number of hydrogen-bond acceptors (Lipinski definition) is 7. The second-order valence-electron chi connectivity index (χ2n) is 13.0. The molecular weight excluding hydrogens is 628 g/mol. The summed E-state index contributed by atoms with van der Waals surface area (Å²) in [7, 11) is 1.95. The van der Waals surface area contributed by atoms with E-state index in [4.69, 9.17) is 9.47 Å². The molecule has 5 aromatic carbocycles. The largest absolute Gasteiger partial charge is 0.508 e. The number of aliphatic hydroxyl groups excluding tert-OH is 2. The van der Waals surface area contributed by atoms with Crippen LogP contribution in [0.25, 0.3) is 11.1 Å². The van der Waals surface area contributed by atoms with Gasteiger partial charge in [-0.2, -0.15) is 0 Å². The lowest BCUT2D eigenvalue weighted by atomic mass is 9.90. The lowest BCUT2D eigenvalue weighted by molar-refractivity contribution is -0.276. The van der Waals surface area contributed by atoms with Crippen LogP contribution in [0.2, 0.25) is 0 Å². The van der Waals surface area contributed by atoms with E-state index in [1.165, 1.54) is 0 Å². The van der Waals surface area contributed by atoms with Crippen LogP contribution < -0.4 is 5.32 Å². The fourth-order valence-electron chi connectivity index (χ4n) is 6.49. The summed E-state index contributed by atoms with van der Waals surface area (Å²) in [6.45, 7) is 3.38. The van der Waals surface area contributed by atoms with Gasteiger partial charge in [-0.25, -0.2) is 0 Å². The minimum Gasteiger partial charge on any atom is -0.508 e. The second-order valence-corrected chi connectivity index (χ2v) is 13.0. The Bertz CT molecular complexity index is 1850. The highest BCUT2D eigenvalue weighted by molar-refractivity contribution is 5.94. The Hall–Kier alpha value is -4.83. The average molecular weight is 673 g/mol. The van der Waals surface area contributed by atoms with Crippen LogP contribution in [-0.2, 0) is 22.6 Å². The van der Waals surface area contributed by atoms with E-state index in [0.717, 1.165) is 33.4 Å². The molecule has 0 radical (unpaired) electrons. The van der Waals surface area contributed by atoms with Crippen molar-refractivity contribution in [2.24, 2.45) is 5.92 Å². The van der Waals surface area contributed by atoms with Gasteiger partial charge in [-0.1, -0.05) is 110 Å². The molecule has 8 heteroatoms. The summed E-state index contributed by atoms with van der Waals surface area (Å²) in [5, 5.41) is 33.5. The number of benzene rings is 5. The molecule has 0 aliphatic carbocycles. The monoisotopic (exact) mass is 672 g/mol. The minimum atomic E-state index is -0.776. The molecule has 1 fully saturated rings. The maximum Gasteiger partial charge on any atom is 0.251 e. The first kappa shape index (κ1) is 35.0. The van der Waals surface area contributed by atoms with Crippen LogP contribution in [-0.4, -0.2) is 52.4 Å². The molecule has 258 valence electrons. The Morgan fingerprint density at radius 1 is 0.840 bits per heavy atom. The van der Waals surface area contributed by atoms with Gasteiger partial charge in [0.15, 0.2) is 6.29 Å². The Kier molecular flexibility index (Phi) is 11.4. The first-order valence-electron chi connectivity index (χ1n) is 17.0. The normalized spacial score (nSPS) is 19.6. The SMILES string of the molecule is C[C@H]1[C@@H](CN(C)C[C@@H](O)c2cccc(O)c2)O[C@@H](c2ccc(-c3ccccc3CNC(=O)c3ccccc3)cc2)O[C@H]1c1ccc(CO)cc1. The van der Waals surface area contributed by atoms with E-state index in [-0.39, 0.29) is 36.4 Å². The summed E-state index contributed by atoms with van der Waals surface area (Å²) in [5.74, 6) is -0.0251. The number of nitrogens with one attached hydrogen (secondary N) is 1. The number of carbonyl (C=O) groups excluding carboxylic acids is 1. The lowest BCUT2D eigenvalue weighted by Gasteiger charge is -2.42. The molecule has 8 nitrogen and oxygen atoms in total. The maximum absolute atomic E-state index is 12.7. The zero-order valence-electron chi connectivity index (χ0n) is 28.4. The highest BCUT2D eigenvalue weighted by atomic mass is 16.7. The van der Waals surface area contributed by atoms with E-state index < -0.39 is 12.4 Å². The van der Waals surface area contributed by atoms with Gasteiger partial charge in [0, 0.05) is 36.7 Å². The number of aromatic hydroxyl groups is 1. The predicted molar refractivity (Wildman–Crippen MR) is 193 cm³/mol. The summed E-state index contributed by atoms with van der Waals surface area (Å²) >= 11 is 0. The Morgan fingerprint density at radius 3 is 2.26 bits per heavy atom. The van der Waals surface area contributed by atoms with Crippen LogP contribution in [0.4, 0.5) is 0 Å². The molecule has 6 rings (SSSR count). The molecule has 0 saturated carbocycles. The van der Waals surface area contributed by atoms with Crippen LogP contribution >= 0.6 is 0 Å². The van der Waals surface area contributed by atoms with Crippen molar-refractivity contribution in [2.45, 2.75) is 44.7 Å². The van der Waals surface area contributed by atoms with Crippen LogP contribution in [0.1, 0.15) is 63.6 Å². The molecule has 0 unspecified atom stereocenters. The van der Waals surface area contributed by atoms with Gasteiger partial charge >= 0.3 is 0 Å². The van der Waals surface area contributed by atoms with Crippen LogP contribution in [0.15, 0.2) is 127 Å². The summed E-state index contributed by atoms with van der Waals surface area (Å²) in [5.41, 5.74) is 7.02. The van der Waals surface area contributed by atoms with Crippen LogP contribution in [0.5, 0.6) is 5.75 Å². The fraction of sp³-hybridized carbons (Fsp3) is 0.262. The average Bonchev–Trinajstić information content (AvgIpc) is 3.15. The quantitative estimate of drug-likeness (QED) is 0.114. The number of aliphatic hydroxyl groups is 2. The van der Waals surface area contributed by atoms with Crippen LogP contribution in [0.3, 0.4) is 0 Å². The molecule has 5 atom stereocenters. The van der Waals surface area contributed by atoms with E-state index in [1.54, 1.807) is 36.4 Å². The second kappa shape index (κ2) is 16.3. The number of hydrogen-bond donors (Lipinski definition) is 4. The van der Waals surface area contributed by atoms with Crippen molar-refractivity contribution in [3.05, 3.63) is 161 Å². The standard InChI is InChI=1S/C42H44N2O6/c1-28-39(26-44(2)25-38(47)34-12-8-13-36(46)23-34)49-42(50-40(28)31-17-15-29(27-45)16-18-31)33-21-19-30(20-22-33)37-14-7-6-11-35(37)24-43-41(48)32-9-4-3-5-10-32/h3-23,28,38-40,42,45-47H,24-27H2,1-2H3,(H,43,48)/t28-,38+,39+,40+,42+/m0/s1. The Morgan fingerprint density at radius 2 is 1.54 bits per heavy atom. The van der Waals surface area contributed by atoms with E-state index in [1.807, 2.05) is 84.7 Å². The fourth-order valence-corrected chi connectivity index (χ4v) is 6.49. The molecule has 1 amide bonds. The van der Waals surface area contributed by atoms with Crippen molar-refractivity contribution in [3.63, 3.8) is 0 Å². The van der Waals surface area contributed by atoms with Crippen molar-refractivity contribution >= 4 is 5.91 Å². The number of nitrogens with zero attached hydrogens (tertiary/aromatic N) is 1. The van der Waals surface area contributed by atoms with E-state index in [2.05, 4.69) is 30.4 Å². The molecule has 1 aliphatic heterocycles. The van der Waals surface area contributed by atoms with Crippen molar-refractivity contribution in [1.82, 2.24) is 10.2 Å². The predicted octanol–water partition coefficient (Wildman–Crippen LogP) is 6.94. The van der Waals surface area contributed by atoms with Gasteiger partial charge < -0.3 is 35.0 Å². The molecular formula is C42H44N2O6. The highest BCUT2D eigenvalue weighted by Gasteiger charge is 2.39. The third-order valence-electron chi connectivity index (χ3n) is 9.34. The zero-order chi connectivity index (χ0) is 35.0. The third kappa shape index (κ3) is 8.48. The summed E-state index contributed by atoms with van der Waals surface area (Å²) < 4.78 is 13.3. The van der Waals surface area contributed by atoms with Gasteiger partial charge in [-0.3, -0.25) is 4.79 Å². The smallest absolute Gasteiger partial charge is 0.251 e. The van der Waals surface area contributed by atoms with E-state index >= 15 is 0 Å². The van der Waals surface area contributed by atoms with Gasteiger partial charge in [0.05, 0.1) is 24.9 Å². The number of rotatable bonds is 12. The minimum absolute atomic E-state index is 0.0242. The highest BCUT2D eigenvalue weighted by Crippen LogP contribution is 2.42. The molecule has 5 aromatic rings. The summed E-state index contributed by atoms with van der Waals surface area (Å²) in [4.78, 5) is 14.8. The maximum atomic E-state index is 12.7. The van der Waals surface area contributed by atoms with E-state index in [9.17, 15) is 20.1 Å². The van der Waals surface area contributed by atoms with Gasteiger partial charge in [0.1, 0.15) is 5.75 Å². The van der Waals surface area contributed by atoms with Gasteiger partial charge in [-0.05, 0) is 64.7 Å². The Balaban J connectivity index is 1.20. The summed E-state index contributed by atoms with van der Waals surface area (Å²) in [6.07, 6.45) is -1.92. The van der Waals surface area contributed by atoms with Crippen molar-refractivity contribution in [2.75, 3.05) is 20.1 Å². The first-order chi connectivity index (χ1) is 24.3. The van der Waals surface area contributed by atoms with Gasteiger partial charge in [0.25, 0.3) is 5.91 Å². The molecule has 1 saturated heterocycles. The zero-order valence-corrected chi connectivity index (χ0v) is 28.4. The molecule has 1 aliphatic rings. The number of phenols is 1. The lowest BCUT2D eigenvalue weighted by Crippen LogP contribution is -2.44. The molecule has 1 heterocycles. The first-order valence-corrected chi connectivity index (χ1v) is 17.0. The van der Waals surface area contributed by atoms with Gasteiger partial charge in [-0.15, -0.1) is 0 Å². The van der Waals surface area contributed by atoms with Crippen molar-refractivity contribution in [1.29, 1.82) is 0 Å². The number of ether oxygens (including phenoxy) is 2. The third-order valence-corrected chi connectivity index (χ3v) is 9.34. The number of amides is 1. The Labute approximate surface area is 293 Å². The van der Waals surface area contributed by atoms with Gasteiger partial charge in [0.2, 0.25) is 0 Å². The summed E-state index contributed by atoms with van der Waals surface area (Å²) in [6, 6.07) is 39.9. The van der Waals surface area contributed by atoms with E-state index in [0.29, 0.717) is 30.8 Å². The van der Waals surface area contributed by atoms with Crippen molar-refractivity contribution in [3.8, 4) is 16.9 Å². The molecule has 0 spiro atoms. The molecule has 0 aromatic heterocycles.